The van der Waals surface area contributed by atoms with Crippen LogP contribution in [0.4, 0.5) is 0 Å². The lowest BCUT2D eigenvalue weighted by molar-refractivity contribution is -0.167. The SMILES string of the molecule is CC/C=C\C/C=C\C/C=C\CCCCCCCC(=O)OCC(COC(=O)CCCCCCC)OC(=O)CCCCCCC/C=C\C/C=C\C/C=C\CC. The second-order valence-electron chi connectivity index (χ2n) is 13.8. The molecule has 0 fully saturated rings. The number of rotatable bonds is 37. The molecule has 53 heavy (non-hydrogen) atoms. The van der Waals surface area contributed by atoms with Crippen molar-refractivity contribution >= 4 is 17.9 Å². The smallest absolute Gasteiger partial charge is 0.306 e. The van der Waals surface area contributed by atoms with Crippen molar-refractivity contribution in [3.8, 4) is 0 Å². The molecule has 0 amide bonds. The van der Waals surface area contributed by atoms with Crippen molar-refractivity contribution in [2.45, 2.75) is 194 Å². The molecule has 0 saturated heterocycles. The summed E-state index contributed by atoms with van der Waals surface area (Å²) in [6.07, 6.45) is 50.5. The van der Waals surface area contributed by atoms with Gasteiger partial charge >= 0.3 is 17.9 Å². The summed E-state index contributed by atoms with van der Waals surface area (Å²) in [6, 6.07) is 0. The Morgan fingerprint density at radius 3 is 1.15 bits per heavy atom. The van der Waals surface area contributed by atoms with Gasteiger partial charge in [0.25, 0.3) is 0 Å². The summed E-state index contributed by atoms with van der Waals surface area (Å²) in [5, 5.41) is 0. The third-order valence-electron chi connectivity index (χ3n) is 8.71. The van der Waals surface area contributed by atoms with Gasteiger partial charge in [-0.05, 0) is 83.5 Å². The first kappa shape index (κ1) is 49.9. The third-order valence-corrected chi connectivity index (χ3v) is 8.71. The molecule has 0 radical (unpaired) electrons. The van der Waals surface area contributed by atoms with Crippen molar-refractivity contribution < 1.29 is 28.6 Å². The Hall–Kier alpha value is -3.15. The summed E-state index contributed by atoms with van der Waals surface area (Å²) < 4.78 is 16.5. The van der Waals surface area contributed by atoms with E-state index in [1.54, 1.807) is 0 Å². The standard InChI is InChI=1S/C47H78O6/c1-4-7-10-13-15-17-19-21-23-25-27-29-31-34-37-40-46(49)52-43-44(42-51-45(48)39-36-33-12-9-6-3)53-47(50)41-38-35-32-30-28-26-24-22-20-18-16-14-11-8-5-2/h7-8,10-11,15-18,21-24,44H,4-6,9,12-14,19-20,25-43H2,1-3H3/b10-7-,11-8-,17-15-,18-16-,23-21-,24-22-. The second-order valence-corrected chi connectivity index (χ2v) is 13.8. The summed E-state index contributed by atoms with van der Waals surface area (Å²) in [6.45, 7) is 6.27. The fraction of sp³-hybridized carbons (Fsp3) is 0.681. The summed E-state index contributed by atoms with van der Waals surface area (Å²) in [5.41, 5.74) is 0. The first-order chi connectivity index (χ1) is 26.0. The number of allylic oxidation sites excluding steroid dienone is 12. The van der Waals surface area contributed by atoms with Crippen LogP contribution in [0.3, 0.4) is 0 Å². The van der Waals surface area contributed by atoms with E-state index < -0.39 is 6.10 Å². The summed E-state index contributed by atoms with van der Waals surface area (Å²) in [7, 11) is 0. The predicted octanol–water partition coefficient (Wildman–Crippen LogP) is 13.5. The van der Waals surface area contributed by atoms with Crippen molar-refractivity contribution in [1.29, 1.82) is 0 Å². The maximum Gasteiger partial charge on any atom is 0.306 e. The van der Waals surface area contributed by atoms with Crippen LogP contribution in [0.15, 0.2) is 72.9 Å². The maximum atomic E-state index is 12.6. The highest BCUT2D eigenvalue weighted by molar-refractivity contribution is 5.71. The molecule has 1 unspecified atom stereocenters. The minimum absolute atomic E-state index is 0.0902. The van der Waals surface area contributed by atoms with Gasteiger partial charge in [0, 0.05) is 19.3 Å². The van der Waals surface area contributed by atoms with Crippen LogP contribution in [-0.2, 0) is 28.6 Å². The van der Waals surface area contributed by atoms with E-state index in [-0.39, 0.29) is 31.1 Å². The largest absolute Gasteiger partial charge is 0.462 e. The monoisotopic (exact) mass is 739 g/mol. The van der Waals surface area contributed by atoms with Crippen molar-refractivity contribution in [2.75, 3.05) is 13.2 Å². The van der Waals surface area contributed by atoms with Crippen LogP contribution in [0.25, 0.3) is 0 Å². The van der Waals surface area contributed by atoms with E-state index in [0.717, 1.165) is 141 Å². The molecule has 302 valence electrons. The Morgan fingerprint density at radius 2 is 0.736 bits per heavy atom. The van der Waals surface area contributed by atoms with Gasteiger partial charge in [0.15, 0.2) is 6.10 Å². The number of carbonyl (C=O) groups is 3. The Kier molecular flexibility index (Phi) is 39.1. The number of esters is 3. The average molecular weight is 739 g/mol. The van der Waals surface area contributed by atoms with Gasteiger partial charge in [0.2, 0.25) is 0 Å². The van der Waals surface area contributed by atoms with E-state index in [1.807, 2.05) is 0 Å². The predicted molar refractivity (Wildman–Crippen MR) is 224 cm³/mol. The van der Waals surface area contributed by atoms with Crippen LogP contribution < -0.4 is 0 Å². The molecule has 6 heteroatoms. The Balaban J connectivity index is 4.32. The average Bonchev–Trinajstić information content (AvgIpc) is 3.15. The van der Waals surface area contributed by atoms with Crippen LogP contribution in [0.5, 0.6) is 0 Å². The molecule has 0 bridgehead atoms. The maximum absolute atomic E-state index is 12.6. The van der Waals surface area contributed by atoms with Crippen LogP contribution in [0.2, 0.25) is 0 Å². The van der Waals surface area contributed by atoms with Crippen LogP contribution in [0.1, 0.15) is 188 Å². The molecule has 0 saturated carbocycles. The fourth-order valence-electron chi connectivity index (χ4n) is 5.53. The van der Waals surface area contributed by atoms with Gasteiger partial charge in [-0.3, -0.25) is 14.4 Å². The van der Waals surface area contributed by atoms with Gasteiger partial charge in [0.1, 0.15) is 13.2 Å². The molecule has 0 rings (SSSR count). The topological polar surface area (TPSA) is 78.9 Å². The normalized spacial score (nSPS) is 12.7. The molecule has 0 aliphatic carbocycles. The molecule has 0 N–H and O–H groups in total. The highest BCUT2D eigenvalue weighted by Gasteiger charge is 2.19. The lowest BCUT2D eigenvalue weighted by Crippen LogP contribution is -2.30. The lowest BCUT2D eigenvalue weighted by Gasteiger charge is -2.18. The molecule has 0 spiro atoms. The number of carbonyl (C=O) groups excluding carboxylic acids is 3. The van der Waals surface area contributed by atoms with Crippen LogP contribution in [0, 0.1) is 0 Å². The summed E-state index contributed by atoms with van der Waals surface area (Å²) in [5.74, 6) is -0.947. The highest BCUT2D eigenvalue weighted by atomic mass is 16.6. The summed E-state index contributed by atoms with van der Waals surface area (Å²) >= 11 is 0. The van der Waals surface area contributed by atoms with Crippen molar-refractivity contribution in [2.24, 2.45) is 0 Å². The zero-order chi connectivity index (χ0) is 38.7. The van der Waals surface area contributed by atoms with Gasteiger partial charge in [-0.15, -0.1) is 0 Å². The van der Waals surface area contributed by atoms with Gasteiger partial charge in [-0.2, -0.15) is 0 Å². The zero-order valence-electron chi connectivity index (χ0n) is 34.3. The first-order valence-corrected chi connectivity index (χ1v) is 21.4. The van der Waals surface area contributed by atoms with Crippen LogP contribution in [-0.4, -0.2) is 37.2 Å². The molecule has 0 aromatic heterocycles. The minimum atomic E-state index is -0.786. The van der Waals surface area contributed by atoms with Crippen molar-refractivity contribution in [3.63, 3.8) is 0 Å². The Labute approximate surface area is 325 Å². The van der Waals surface area contributed by atoms with E-state index in [0.29, 0.717) is 19.3 Å². The Morgan fingerprint density at radius 1 is 0.396 bits per heavy atom. The van der Waals surface area contributed by atoms with Gasteiger partial charge in [0.05, 0.1) is 0 Å². The molecule has 0 aromatic rings. The van der Waals surface area contributed by atoms with E-state index in [1.165, 1.54) is 6.42 Å². The van der Waals surface area contributed by atoms with E-state index in [4.69, 9.17) is 14.2 Å². The molecule has 0 heterocycles. The van der Waals surface area contributed by atoms with E-state index in [9.17, 15) is 14.4 Å². The van der Waals surface area contributed by atoms with Gasteiger partial charge < -0.3 is 14.2 Å². The van der Waals surface area contributed by atoms with E-state index >= 15 is 0 Å². The second kappa shape index (κ2) is 41.6. The molecular weight excluding hydrogens is 661 g/mol. The number of hydrogen-bond acceptors (Lipinski definition) is 6. The molecule has 1 atom stereocenters. The minimum Gasteiger partial charge on any atom is -0.462 e. The van der Waals surface area contributed by atoms with Crippen LogP contribution >= 0.6 is 0 Å². The molecular formula is C47H78O6. The van der Waals surface area contributed by atoms with E-state index in [2.05, 4.69) is 93.7 Å². The summed E-state index contributed by atoms with van der Waals surface area (Å²) in [4.78, 5) is 37.4. The molecule has 0 aromatic carbocycles. The van der Waals surface area contributed by atoms with Gasteiger partial charge in [-0.25, -0.2) is 0 Å². The molecule has 6 nitrogen and oxygen atoms in total. The fourth-order valence-corrected chi connectivity index (χ4v) is 5.53. The number of unbranched alkanes of at least 4 members (excludes halogenated alkanes) is 14. The van der Waals surface area contributed by atoms with Gasteiger partial charge in [-0.1, -0.05) is 158 Å². The van der Waals surface area contributed by atoms with Crippen molar-refractivity contribution in [1.82, 2.24) is 0 Å². The number of ether oxygens (including phenoxy) is 3. The lowest BCUT2D eigenvalue weighted by atomic mass is 10.1. The molecule has 0 aliphatic heterocycles. The quantitative estimate of drug-likeness (QED) is 0.0273. The highest BCUT2D eigenvalue weighted by Crippen LogP contribution is 2.12. The third kappa shape index (κ3) is 39.9. The first-order valence-electron chi connectivity index (χ1n) is 21.4. The zero-order valence-corrected chi connectivity index (χ0v) is 34.3. The molecule has 0 aliphatic rings. The number of hydrogen-bond donors (Lipinski definition) is 0. The Bertz CT molecular complexity index is 1030. The van der Waals surface area contributed by atoms with Crippen molar-refractivity contribution in [3.05, 3.63) is 72.9 Å².